The van der Waals surface area contributed by atoms with E-state index in [4.69, 9.17) is 4.74 Å². The maximum atomic E-state index is 11.7. The molecule has 5 heteroatoms. The summed E-state index contributed by atoms with van der Waals surface area (Å²) in [7, 11) is -3.12. The van der Waals surface area contributed by atoms with E-state index in [1.54, 1.807) is 19.1 Å². The fourth-order valence-electron chi connectivity index (χ4n) is 2.24. The molecule has 0 bridgehead atoms. The Balaban J connectivity index is 2.16. The van der Waals surface area contributed by atoms with Gasteiger partial charge in [0, 0.05) is 12.3 Å². The van der Waals surface area contributed by atoms with Gasteiger partial charge in [-0.05, 0) is 44.5 Å². The van der Waals surface area contributed by atoms with Crippen molar-refractivity contribution in [3.8, 4) is 0 Å². The Morgan fingerprint density at radius 1 is 1.37 bits per heavy atom. The summed E-state index contributed by atoms with van der Waals surface area (Å²) in [6.07, 6.45) is 1.09. The molecule has 0 radical (unpaired) electrons. The second-order valence-corrected chi connectivity index (χ2v) is 7.51. The van der Waals surface area contributed by atoms with Crippen LogP contribution in [-0.2, 0) is 14.6 Å². The molecule has 1 heterocycles. The van der Waals surface area contributed by atoms with Crippen molar-refractivity contribution in [3.63, 3.8) is 0 Å². The average molecular weight is 283 g/mol. The minimum absolute atomic E-state index is 0.0921. The van der Waals surface area contributed by atoms with Crippen LogP contribution in [-0.4, -0.2) is 32.4 Å². The molecule has 1 saturated heterocycles. The van der Waals surface area contributed by atoms with Crippen molar-refractivity contribution in [3.05, 3.63) is 24.3 Å². The van der Waals surface area contributed by atoms with Gasteiger partial charge in [0.05, 0.1) is 22.3 Å². The number of sulfone groups is 1. The van der Waals surface area contributed by atoms with E-state index in [-0.39, 0.29) is 17.4 Å². The first-order valence-corrected chi connectivity index (χ1v) is 8.25. The molecule has 1 fully saturated rings. The van der Waals surface area contributed by atoms with Crippen LogP contribution in [0.25, 0.3) is 0 Å². The van der Waals surface area contributed by atoms with Crippen molar-refractivity contribution in [1.82, 2.24) is 0 Å². The van der Waals surface area contributed by atoms with Gasteiger partial charge in [0.25, 0.3) is 0 Å². The fraction of sp³-hybridized carbons (Fsp3) is 0.571. The van der Waals surface area contributed by atoms with Gasteiger partial charge < -0.3 is 10.1 Å². The highest BCUT2D eigenvalue weighted by molar-refractivity contribution is 7.91. The SMILES string of the molecule is CCS(=O)(=O)c1ccc(NC2(C)CCOC2C)cc1. The first kappa shape index (κ1) is 14.3. The quantitative estimate of drug-likeness (QED) is 0.922. The lowest BCUT2D eigenvalue weighted by Gasteiger charge is -2.30. The van der Waals surface area contributed by atoms with Crippen molar-refractivity contribution in [2.75, 3.05) is 17.7 Å². The summed E-state index contributed by atoms with van der Waals surface area (Å²) < 4.78 is 29.0. The zero-order valence-electron chi connectivity index (χ0n) is 11.6. The summed E-state index contributed by atoms with van der Waals surface area (Å²) in [4.78, 5) is 0.376. The van der Waals surface area contributed by atoms with Gasteiger partial charge in [0.2, 0.25) is 0 Å². The molecule has 1 N–H and O–H groups in total. The van der Waals surface area contributed by atoms with Crippen molar-refractivity contribution in [2.45, 2.75) is 43.7 Å². The minimum Gasteiger partial charge on any atom is -0.377 e. The summed E-state index contributed by atoms with van der Waals surface area (Å²) in [5.41, 5.74) is 0.834. The molecular weight excluding hydrogens is 262 g/mol. The van der Waals surface area contributed by atoms with E-state index in [0.717, 1.165) is 18.7 Å². The molecule has 19 heavy (non-hydrogen) atoms. The molecule has 106 valence electrons. The third-order valence-corrected chi connectivity index (χ3v) is 5.66. The molecule has 2 rings (SSSR count). The molecule has 0 amide bonds. The number of nitrogens with one attached hydrogen (secondary N) is 1. The van der Waals surface area contributed by atoms with Crippen LogP contribution in [0.4, 0.5) is 5.69 Å². The Hall–Kier alpha value is -1.07. The average Bonchev–Trinajstić information content (AvgIpc) is 2.70. The van der Waals surface area contributed by atoms with Gasteiger partial charge in [0.1, 0.15) is 0 Å². The van der Waals surface area contributed by atoms with Crippen molar-refractivity contribution >= 4 is 15.5 Å². The smallest absolute Gasteiger partial charge is 0.178 e. The standard InChI is InChI=1S/C14H21NO3S/c1-4-19(16,17)13-7-5-12(6-8-13)15-14(3)9-10-18-11(14)2/h5-8,11,15H,4,9-10H2,1-3H3. The summed E-state index contributed by atoms with van der Waals surface area (Å²) in [6.45, 7) is 6.59. The number of ether oxygens (including phenoxy) is 1. The molecule has 1 aliphatic heterocycles. The lowest BCUT2D eigenvalue weighted by Crippen LogP contribution is -2.41. The summed E-state index contributed by atoms with van der Waals surface area (Å²) in [6, 6.07) is 6.95. The van der Waals surface area contributed by atoms with Gasteiger partial charge in [-0.3, -0.25) is 0 Å². The van der Waals surface area contributed by atoms with Crippen LogP contribution in [0.1, 0.15) is 27.2 Å². The zero-order valence-corrected chi connectivity index (χ0v) is 12.5. The minimum atomic E-state index is -3.12. The van der Waals surface area contributed by atoms with E-state index >= 15 is 0 Å². The summed E-state index contributed by atoms with van der Waals surface area (Å²) >= 11 is 0. The molecule has 1 aliphatic rings. The lowest BCUT2D eigenvalue weighted by atomic mass is 9.94. The highest BCUT2D eigenvalue weighted by Crippen LogP contribution is 2.29. The molecule has 4 nitrogen and oxygen atoms in total. The largest absolute Gasteiger partial charge is 0.377 e. The highest BCUT2D eigenvalue weighted by Gasteiger charge is 2.36. The number of anilines is 1. The Kier molecular flexibility index (Phi) is 3.87. The molecule has 1 aromatic rings. The molecule has 0 aromatic heterocycles. The Labute approximate surface area is 115 Å². The van der Waals surface area contributed by atoms with E-state index in [1.165, 1.54) is 0 Å². The first-order valence-electron chi connectivity index (χ1n) is 6.60. The van der Waals surface area contributed by atoms with Gasteiger partial charge in [-0.1, -0.05) is 6.92 Å². The topological polar surface area (TPSA) is 55.4 Å². The van der Waals surface area contributed by atoms with Crippen LogP contribution in [0.2, 0.25) is 0 Å². The third-order valence-electron chi connectivity index (χ3n) is 3.91. The maximum Gasteiger partial charge on any atom is 0.178 e. The van der Waals surface area contributed by atoms with Crippen molar-refractivity contribution in [1.29, 1.82) is 0 Å². The van der Waals surface area contributed by atoms with Crippen LogP contribution >= 0.6 is 0 Å². The van der Waals surface area contributed by atoms with Gasteiger partial charge in [-0.25, -0.2) is 8.42 Å². The van der Waals surface area contributed by atoms with E-state index < -0.39 is 9.84 Å². The van der Waals surface area contributed by atoms with Crippen LogP contribution in [0.5, 0.6) is 0 Å². The zero-order chi connectivity index (χ0) is 14.1. The highest BCUT2D eigenvalue weighted by atomic mass is 32.2. The summed E-state index contributed by atoms with van der Waals surface area (Å²) in [5, 5.41) is 3.44. The monoisotopic (exact) mass is 283 g/mol. The molecule has 2 unspecified atom stereocenters. The Morgan fingerprint density at radius 3 is 2.47 bits per heavy atom. The predicted molar refractivity (Wildman–Crippen MR) is 76.2 cm³/mol. The van der Waals surface area contributed by atoms with Gasteiger partial charge >= 0.3 is 0 Å². The normalized spacial score (nSPS) is 27.4. The predicted octanol–water partition coefficient (Wildman–Crippen LogP) is 2.46. The Morgan fingerprint density at radius 2 is 2.00 bits per heavy atom. The Bertz CT molecular complexity index is 538. The number of rotatable bonds is 4. The molecule has 2 atom stereocenters. The lowest BCUT2D eigenvalue weighted by molar-refractivity contribution is 0.105. The molecule has 0 aliphatic carbocycles. The van der Waals surface area contributed by atoms with Gasteiger partial charge in [0.15, 0.2) is 9.84 Å². The molecule has 0 spiro atoms. The fourth-order valence-corrected chi connectivity index (χ4v) is 3.13. The maximum absolute atomic E-state index is 11.7. The first-order chi connectivity index (χ1) is 8.87. The molecule has 1 aromatic carbocycles. The summed E-state index contributed by atoms with van der Waals surface area (Å²) in [5.74, 6) is 0.127. The third kappa shape index (κ3) is 2.92. The van der Waals surface area contributed by atoms with Crippen molar-refractivity contribution < 1.29 is 13.2 Å². The van der Waals surface area contributed by atoms with Gasteiger partial charge in [-0.15, -0.1) is 0 Å². The molecular formula is C14H21NO3S. The van der Waals surface area contributed by atoms with E-state index in [9.17, 15) is 8.42 Å². The van der Waals surface area contributed by atoms with E-state index in [1.807, 2.05) is 12.1 Å². The number of hydrogen-bond donors (Lipinski definition) is 1. The van der Waals surface area contributed by atoms with Crippen LogP contribution in [0.3, 0.4) is 0 Å². The molecule has 0 saturated carbocycles. The van der Waals surface area contributed by atoms with Crippen LogP contribution in [0, 0.1) is 0 Å². The number of benzene rings is 1. The van der Waals surface area contributed by atoms with Crippen LogP contribution in [0.15, 0.2) is 29.2 Å². The van der Waals surface area contributed by atoms with E-state index in [2.05, 4.69) is 19.2 Å². The second-order valence-electron chi connectivity index (χ2n) is 5.23. The van der Waals surface area contributed by atoms with Crippen molar-refractivity contribution in [2.24, 2.45) is 0 Å². The van der Waals surface area contributed by atoms with E-state index in [0.29, 0.717) is 4.90 Å². The number of hydrogen-bond acceptors (Lipinski definition) is 4. The van der Waals surface area contributed by atoms with Crippen LogP contribution < -0.4 is 5.32 Å². The second kappa shape index (κ2) is 5.13. The van der Waals surface area contributed by atoms with Gasteiger partial charge in [-0.2, -0.15) is 0 Å².